The Labute approximate surface area is 136 Å². The standard InChI is InChI=1S/C18H22N4O/c1-12-7-8-15(13(2)11-12)20-17-10-9-16(21-22-17)18(23)19-14-5-3-4-6-14/h7-11,14H,3-6H2,1-2H3,(H,19,23)(H,20,22). The molecule has 2 aromatic rings. The molecular weight excluding hydrogens is 288 g/mol. The molecule has 0 radical (unpaired) electrons. The second kappa shape index (κ2) is 6.77. The molecule has 1 fully saturated rings. The first-order chi connectivity index (χ1) is 11.1. The van der Waals surface area contributed by atoms with Crippen LogP contribution in [0.3, 0.4) is 0 Å². The molecule has 0 unspecified atom stereocenters. The minimum Gasteiger partial charge on any atom is -0.348 e. The predicted octanol–water partition coefficient (Wildman–Crippen LogP) is 3.51. The van der Waals surface area contributed by atoms with Crippen LogP contribution >= 0.6 is 0 Å². The lowest BCUT2D eigenvalue weighted by molar-refractivity contribution is 0.0932. The van der Waals surface area contributed by atoms with Crippen LogP contribution in [0.25, 0.3) is 0 Å². The van der Waals surface area contributed by atoms with Crippen molar-refractivity contribution in [2.75, 3.05) is 5.32 Å². The summed E-state index contributed by atoms with van der Waals surface area (Å²) in [5.74, 6) is 0.497. The van der Waals surface area contributed by atoms with Crippen LogP contribution in [-0.4, -0.2) is 22.1 Å². The molecule has 1 aliphatic rings. The van der Waals surface area contributed by atoms with Gasteiger partial charge in [0.25, 0.3) is 5.91 Å². The average molecular weight is 310 g/mol. The van der Waals surface area contributed by atoms with E-state index in [-0.39, 0.29) is 11.9 Å². The summed E-state index contributed by atoms with van der Waals surface area (Å²) in [5.41, 5.74) is 3.73. The number of benzene rings is 1. The van der Waals surface area contributed by atoms with E-state index in [2.05, 4.69) is 33.8 Å². The van der Waals surface area contributed by atoms with E-state index in [1.165, 1.54) is 18.4 Å². The molecule has 1 aliphatic carbocycles. The Morgan fingerprint density at radius 3 is 2.52 bits per heavy atom. The van der Waals surface area contributed by atoms with Gasteiger partial charge in [-0.05, 0) is 50.5 Å². The Morgan fingerprint density at radius 2 is 1.87 bits per heavy atom. The summed E-state index contributed by atoms with van der Waals surface area (Å²) in [7, 11) is 0. The normalized spacial score (nSPS) is 14.7. The van der Waals surface area contributed by atoms with Crippen LogP contribution in [0.1, 0.15) is 47.3 Å². The molecule has 0 aliphatic heterocycles. The van der Waals surface area contributed by atoms with Crippen molar-refractivity contribution in [2.45, 2.75) is 45.6 Å². The number of amides is 1. The number of rotatable bonds is 4. The molecule has 1 aromatic carbocycles. The van der Waals surface area contributed by atoms with Crippen molar-refractivity contribution in [3.8, 4) is 0 Å². The molecule has 5 nitrogen and oxygen atoms in total. The Morgan fingerprint density at radius 1 is 1.09 bits per heavy atom. The molecule has 0 bridgehead atoms. The SMILES string of the molecule is Cc1ccc(Nc2ccc(C(=O)NC3CCCC3)nn2)c(C)c1. The topological polar surface area (TPSA) is 66.9 Å². The number of carbonyl (C=O) groups is 1. The molecular formula is C18H22N4O. The summed E-state index contributed by atoms with van der Waals surface area (Å²) < 4.78 is 0. The first kappa shape index (κ1) is 15.5. The van der Waals surface area contributed by atoms with Gasteiger partial charge in [-0.25, -0.2) is 0 Å². The van der Waals surface area contributed by atoms with Crippen molar-refractivity contribution in [1.82, 2.24) is 15.5 Å². The number of carbonyl (C=O) groups excluding carboxylic acids is 1. The number of anilines is 2. The molecule has 5 heteroatoms. The predicted molar refractivity (Wildman–Crippen MR) is 91.0 cm³/mol. The molecule has 1 saturated carbocycles. The minimum atomic E-state index is -0.137. The summed E-state index contributed by atoms with van der Waals surface area (Å²) >= 11 is 0. The molecule has 0 saturated heterocycles. The largest absolute Gasteiger partial charge is 0.348 e. The lowest BCUT2D eigenvalue weighted by atomic mass is 10.1. The first-order valence-corrected chi connectivity index (χ1v) is 8.11. The zero-order valence-corrected chi connectivity index (χ0v) is 13.6. The van der Waals surface area contributed by atoms with Crippen LogP contribution in [0.2, 0.25) is 0 Å². The summed E-state index contributed by atoms with van der Waals surface area (Å²) in [6.45, 7) is 4.11. The smallest absolute Gasteiger partial charge is 0.272 e. The second-order valence-electron chi connectivity index (χ2n) is 6.20. The van der Waals surface area contributed by atoms with E-state index in [0.717, 1.165) is 24.1 Å². The summed E-state index contributed by atoms with van der Waals surface area (Å²) in [5, 5.41) is 14.4. The van der Waals surface area contributed by atoms with Crippen molar-refractivity contribution >= 4 is 17.4 Å². The van der Waals surface area contributed by atoms with Crippen molar-refractivity contribution in [1.29, 1.82) is 0 Å². The highest BCUT2D eigenvalue weighted by Crippen LogP contribution is 2.20. The maximum absolute atomic E-state index is 12.1. The molecule has 1 heterocycles. The fourth-order valence-corrected chi connectivity index (χ4v) is 2.94. The molecule has 120 valence electrons. The molecule has 1 amide bonds. The van der Waals surface area contributed by atoms with E-state index in [1.807, 2.05) is 19.1 Å². The van der Waals surface area contributed by atoms with E-state index in [0.29, 0.717) is 11.5 Å². The highest BCUT2D eigenvalue weighted by atomic mass is 16.2. The van der Waals surface area contributed by atoms with E-state index >= 15 is 0 Å². The van der Waals surface area contributed by atoms with Crippen LogP contribution in [0.5, 0.6) is 0 Å². The summed E-state index contributed by atoms with van der Waals surface area (Å²) in [4.78, 5) is 12.1. The van der Waals surface area contributed by atoms with Crippen molar-refractivity contribution in [2.24, 2.45) is 0 Å². The molecule has 2 N–H and O–H groups in total. The van der Waals surface area contributed by atoms with E-state index in [9.17, 15) is 4.79 Å². The number of nitrogens with one attached hydrogen (secondary N) is 2. The lowest BCUT2D eigenvalue weighted by Crippen LogP contribution is -2.33. The third-order valence-corrected chi connectivity index (χ3v) is 4.23. The molecule has 1 aromatic heterocycles. The Kier molecular flexibility index (Phi) is 4.55. The van der Waals surface area contributed by atoms with Gasteiger partial charge >= 0.3 is 0 Å². The van der Waals surface area contributed by atoms with Crippen LogP contribution < -0.4 is 10.6 Å². The first-order valence-electron chi connectivity index (χ1n) is 8.11. The van der Waals surface area contributed by atoms with E-state index < -0.39 is 0 Å². The third-order valence-electron chi connectivity index (χ3n) is 4.23. The molecule has 0 atom stereocenters. The van der Waals surface area contributed by atoms with Gasteiger partial charge in [-0.2, -0.15) is 0 Å². The average Bonchev–Trinajstić information content (AvgIpc) is 3.04. The van der Waals surface area contributed by atoms with Crippen LogP contribution in [0.15, 0.2) is 30.3 Å². The van der Waals surface area contributed by atoms with Gasteiger partial charge in [0.05, 0.1) is 0 Å². The maximum atomic E-state index is 12.1. The van der Waals surface area contributed by atoms with Crippen molar-refractivity contribution in [3.63, 3.8) is 0 Å². The lowest BCUT2D eigenvalue weighted by Gasteiger charge is -2.12. The maximum Gasteiger partial charge on any atom is 0.272 e. The Bertz CT molecular complexity index is 691. The third kappa shape index (κ3) is 3.86. The molecule has 3 rings (SSSR count). The second-order valence-corrected chi connectivity index (χ2v) is 6.20. The van der Waals surface area contributed by atoms with Crippen LogP contribution in [0.4, 0.5) is 11.5 Å². The monoisotopic (exact) mass is 310 g/mol. The fourth-order valence-electron chi connectivity index (χ4n) is 2.94. The zero-order chi connectivity index (χ0) is 16.2. The number of nitrogens with zero attached hydrogens (tertiary/aromatic N) is 2. The summed E-state index contributed by atoms with van der Waals surface area (Å²) in [6.07, 6.45) is 4.50. The van der Waals surface area contributed by atoms with E-state index in [1.54, 1.807) is 12.1 Å². The number of hydrogen-bond acceptors (Lipinski definition) is 4. The van der Waals surface area contributed by atoms with Gasteiger partial charge in [-0.3, -0.25) is 4.79 Å². The van der Waals surface area contributed by atoms with Crippen LogP contribution in [-0.2, 0) is 0 Å². The highest BCUT2D eigenvalue weighted by Gasteiger charge is 2.18. The number of hydrogen-bond donors (Lipinski definition) is 2. The summed E-state index contributed by atoms with van der Waals surface area (Å²) in [6, 6.07) is 9.97. The number of aromatic nitrogens is 2. The van der Waals surface area contributed by atoms with Gasteiger partial charge in [0.2, 0.25) is 0 Å². The van der Waals surface area contributed by atoms with Gasteiger partial charge in [0.1, 0.15) is 0 Å². The van der Waals surface area contributed by atoms with Gasteiger partial charge in [0.15, 0.2) is 11.5 Å². The van der Waals surface area contributed by atoms with Gasteiger partial charge in [-0.15, -0.1) is 10.2 Å². The van der Waals surface area contributed by atoms with Gasteiger partial charge < -0.3 is 10.6 Å². The minimum absolute atomic E-state index is 0.137. The van der Waals surface area contributed by atoms with Crippen LogP contribution in [0, 0.1) is 13.8 Å². The molecule has 23 heavy (non-hydrogen) atoms. The Balaban J connectivity index is 1.65. The quantitative estimate of drug-likeness (QED) is 0.907. The van der Waals surface area contributed by atoms with Crippen molar-refractivity contribution < 1.29 is 4.79 Å². The Hall–Kier alpha value is -2.43. The van der Waals surface area contributed by atoms with E-state index in [4.69, 9.17) is 0 Å². The zero-order valence-electron chi connectivity index (χ0n) is 13.6. The highest BCUT2D eigenvalue weighted by molar-refractivity contribution is 5.92. The number of aryl methyl sites for hydroxylation is 2. The van der Waals surface area contributed by atoms with Gasteiger partial charge in [-0.1, -0.05) is 30.5 Å². The van der Waals surface area contributed by atoms with Gasteiger partial charge in [0, 0.05) is 11.7 Å². The van der Waals surface area contributed by atoms with Crippen molar-refractivity contribution in [3.05, 3.63) is 47.2 Å². The molecule has 0 spiro atoms. The fraction of sp³-hybridized carbons (Fsp3) is 0.389.